The van der Waals surface area contributed by atoms with Crippen LogP contribution in [0, 0.1) is 0 Å². The zero-order valence-electron chi connectivity index (χ0n) is 10.7. The van der Waals surface area contributed by atoms with Gasteiger partial charge < -0.3 is 5.32 Å². The number of benzene rings is 2. The predicted molar refractivity (Wildman–Crippen MR) is 90.6 cm³/mol. The van der Waals surface area contributed by atoms with Gasteiger partial charge in [-0.05, 0) is 48.4 Å². The normalized spacial score (nSPS) is 10.2. The van der Waals surface area contributed by atoms with Crippen molar-refractivity contribution < 1.29 is 0 Å². The van der Waals surface area contributed by atoms with Gasteiger partial charge in [0.2, 0.25) is 0 Å². The topological polar surface area (TPSA) is 12.0 Å². The van der Waals surface area contributed by atoms with Crippen LogP contribution in [0.25, 0.3) is 0 Å². The summed E-state index contributed by atoms with van der Waals surface area (Å²) in [5, 5.41) is 5.52. The minimum Gasteiger partial charge on any atom is -0.312 e. The number of halogens is 4. The molecule has 2 rings (SSSR count). The molecule has 2 aromatic carbocycles. The first-order chi connectivity index (χ1) is 9.15. The number of hydrogen-bond donors (Lipinski definition) is 1. The van der Waals surface area contributed by atoms with Gasteiger partial charge in [-0.3, -0.25) is 0 Å². The van der Waals surface area contributed by atoms with Crippen LogP contribution in [0.4, 0.5) is 0 Å². The number of nitrogens with one attached hydrogen (secondary N) is 1. The molecule has 0 atom stereocenters. The first-order valence-electron chi connectivity index (χ1n) is 6.04. The van der Waals surface area contributed by atoms with E-state index in [1.165, 1.54) is 5.56 Å². The highest BCUT2D eigenvalue weighted by Gasteiger charge is 2.01. The molecule has 0 fully saturated rings. The zero-order valence-corrected chi connectivity index (χ0v) is 13.8. The fourth-order valence-corrected chi connectivity index (χ4v) is 2.54. The highest BCUT2D eigenvalue weighted by Crippen LogP contribution is 2.21. The van der Waals surface area contributed by atoms with E-state index in [9.17, 15) is 0 Å². The van der Waals surface area contributed by atoms with E-state index in [4.69, 9.17) is 34.8 Å². The average Bonchev–Trinajstić information content (AvgIpc) is 2.37. The molecule has 0 saturated carbocycles. The maximum Gasteiger partial charge on any atom is 0.0453 e. The lowest BCUT2D eigenvalue weighted by Gasteiger charge is -2.07. The summed E-state index contributed by atoms with van der Waals surface area (Å²) >= 11 is 17.9. The highest BCUT2D eigenvalue weighted by atomic mass is 35.5. The van der Waals surface area contributed by atoms with E-state index in [-0.39, 0.29) is 12.4 Å². The standard InChI is InChI=1S/C15H14Cl3N.ClH/c16-13-3-1-2-11(8-13)10-19-7-6-12-4-5-14(17)9-15(12)18;/h1-5,8-9,19H,6-7,10H2;1H. The lowest BCUT2D eigenvalue weighted by Crippen LogP contribution is -2.16. The summed E-state index contributed by atoms with van der Waals surface area (Å²) in [5.74, 6) is 0. The Morgan fingerprint density at radius 1 is 0.900 bits per heavy atom. The largest absolute Gasteiger partial charge is 0.312 e. The molecule has 108 valence electrons. The summed E-state index contributed by atoms with van der Waals surface area (Å²) in [7, 11) is 0. The van der Waals surface area contributed by atoms with Crippen molar-refractivity contribution in [2.75, 3.05) is 6.54 Å². The Morgan fingerprint density at radius 3 is 2.35 bits per heavy atom. The number of hydrogen-bond acceptors (Lipinski definition) is 1. The van der Waals surface area contributed by atoms with Crippen LogP contribution in [-0.4, -0.2) is 6.54 Å². The van der Waals surface area contributed by atoms with Crippen molar-refractivity contribution in [2.45, 2.75) is 13.0 Å². The molecule has 0 radical (unpaired) electrons. The van der Waals surface area contributed by atoms with Crippen LogP contribution < -0.4 is 5.32 Å². The minimum absolute atomic E-state index is 0. The Kier molecular flexibility index (Phi) is 7.71. The van der Waals surface area contributed by atoms with Crippen molar-refractivity contribution in [1.29, 1.82) is 0 Å². The van der Waals surface area contributed by atoms with Gasteiger partial charge in [0, 0.05) is 21.6 Å². The van der Waals surface area contributed by atoms with Crippen LogP contribution in [-0.2, 0) is 13.0 Å². The Bertz CT molecular complexity index is 557. The predicted octanol–water partition coefficient (Wildman–Crippen LogP) is 5.40. The van der Waals surface area contributed by atoms with Crippen molar-refractivity contribution in [1.82, 2.24) is 5.32 Å². The quantitative estimate of drug-likeness (QED) is 0.711. The summed E-state index contributed by atoms with van der Waals surface area (Å²) in [6.07, 6.45) is 0.872. The second kappa shape index (κ2) is 8.76. The summed E-state index contributed by atoms with van der Waals surface area (Å²) in [6.45, 7) is 1.65. The lowest BCUT2D eigenvalue weighted by atomic mass is 10.1. The maximum absolute atomic E-state index is 6.12. The van der Waals surface area contributed by atoms with Crippen molar-refractivity contribution in [2.24, 2.45) is 0 Å². The lowest BCUT2D eigenvalue weighted by molar-refractivity contribution is 0.687. The van der Waals surface area contributed by atoms with E-state index in [2.05, 4.69) is 5.32 Å². The Morgan fingerprint density at radius 2 is 1.65 bits per heavy atom. The van der Waals surface area contributed by atoms with E-state index in [0.29, 0.717) is 5.02 Å². The van der Waals surface area contributed by atoms with Crippen molar-refractivity contribution >= 4 is 47.2 Å². The van der Waals surface area contributed by atoms with E-state index in [1.807, 2.05) is 36.4 Å². The maximum atomic E-state index is 6.12. The van der Waals surface area contributed by atoms with Crippen molar-refractivity contribution in [3.05, 3.63) is 68.7 Å². The van der Waals surface area contributed by atoms with Gasteiger partial charge in [0.1, 0.15) is 0 Å². The van der Waals surface area contributed by atoms with Crippen LogP contribution >= 0.6 is 47.2 Å². The van der Waals surface area contributed by atoms with Gasteiger partial charge in [-0.15, -0.1) is 12.4 Å². The summed E-state index contributed by atoms with van der Waals surface area (Å²) in [6, 6.07) is 13.4. The molecule has 1 nitrogen and oxygen atoms in total. The van der Waals surface area contributed by atoms with Crippen molar-refractivity contribution in [3.8, 4) is 0 Å². The van der Waals surface area contributed by atoms with E-state index < -0.39 is 0 Å². The SMILES string of the molecule is Cl.Clc1cccc(CNCCc2ccc(Cl)cc2Cl)c1. The highest BCUT2D eigenvalue weighted by molar-refractivity contribution is 6.35. The van der Waals surface area contributed by atoms with Gasteiger partial charge in [0.25, 0.3) is 0 Å². The van der Waals surface area contributed by atoms with Crippen LogP contribution in [0.1, 0.15) is 11.1 Å². The fourth-order valence-electron chi connectivity index (χ4n) is 1.83. The van der Waals surface area contributed by atoms with Gasteiger partial charge in [-0.1, -0.05) is 53.0 Å². The molecule has 0 aliphatic carbocycles. The monoisotopic (exact) mass is 349 g/mol. The Balaban J connectivity index is 0.00000200. The van der Waals surface area contributed by atoms with Crippen LogP contribution in [0.15, 0.2) is 42.5 Å². The molecule has 0 heterocycles. The summed E-state index contributed by atoms with van der Waals surface area (Å²) < 4.78 is 0. The molecular formula is C15H15Cl4N. The van der Waals surface area contributed by atoms with Crippen LogP contribution in [0.5, 0.6) is 0 Å². The third-order valence-electron chi connectivity index (χ3n) is 2.80. The minimum atomic E-state index is 0. The second-order valence-electron chi connectivity index (χ2n) is 4.29. The molecule has 0 spiro atoms. The zero-order chi connectivity index (χ0) is 13.7. The molecule has 2 aromatic rings. The molecule has 0 unspecified atom stereocenters. The number of rotatable bonds is 5. The smallest absolute Gasteiger partial charge is 0.0453 e. The molecule has 0 aliphatic rings. The average molecular weight is 351 g/mol. The molecule has 1 N–H and O–H groups in total. The first kappa shape index (κ1) is 17.6. The van der Waals surface area contributed by atoms with E-state index >= 15 is 0 Å². The molecule has 0 bridgehead atoms. The van der Waals surface area contributed by atoms with Crippen molar-refractivity contribution in [3.63, 3.8) is 0 Å². The van der Waals surface area contributed by atoms with Gasteiger partial charge in [-0.25, -0.2) is 0 Å². The van der Waals surface area contributed by atoms with Crippen LogP contribution in [0.3, 0.4) is 0 Å². The molecule has 0 aliphatic heterocycles. The Hall–Kier alpha value is -0.440. The van der Waals surface area contributed by atoms with E-state index in [1.54, 1.807) is 6.07 Å². The second-order valence-corrected chi connectivity index (χ2v) is 5.57. The van der Waals surface area contributed by atoms with Crippen LogP contribution in [0.2, 0.25) is 15.1 Å². The molecule has 0 saturated heterocycles. The van der Waals surface area contributed by atoms with Gasteiger partial charge in [-0.2, -0.15) is 0 Å². The molecule has 20 heavy (non-hydrogen) atoms. The molecule has 0 aromatic heterocycles. The van der Waals surface area contributed by atoms with Gasteiger partial charge in [0.05, 0.1) is 0 Å². The third-order valence-corrected chi connectivity index (χ3v) is 3.63. The van der Waals surface area contributed by atoms with Gasteiger partial charge in [0.15, 0.2) is 0 Å². The first-order valence-corrected chi connectivity index (χ1v) is 7.17. The summed E-state index contributed by atoms with van der Waals surface area (Å²) in [5.41, 5.74) is 2.28. The molecular weight excluding hydrogens is 336 g/mol. The van der Waals surface area contributed by atoms with E-state index in [0.717, 1.165) is 35.1 Å². The fraction of sp³-hybridized carbons (Fsp3) is 0.200. The Labute approximate surface area is 140 Å². The molecule has 0 amide bonds. The molecule has 5 heteroatoms. The summed E-state index contributed by atoms with van der Waals surface area (Å²) in [4.78, 5) is 0. The third kappa shape index (κ3) is 5.51. The van der Waals surface area contributed by atoms with Gasteiger partial charge >= 0.3 is 0 Å².